The molecule has 0 aromatic carbocycles. The molecule has 0 bridgehead atoms. The number of carbonyl (C=O) groups is 3. The van der Waals surface area contributed by atoms with Crippen LogP contribution in [-0.2, 0) is 23.9 Å². The number of unbranched alkanes of at least 4 members (excludes halogenated alkanes) is 24. The zero-order chi connectivity index (χ0) is 39.9. The van der Waals surface area contributed by atoms with Crippen molar-refractivity contribution in [2.75, 3.05) is 26.3 Å². The molecule has 0 aromatic rings. The van der Waals surface area contributed by atoms with Crippen molar-refractivity contribution in [2.45, 2.75) is 246 Å². The highest BCUT2D eigenvalue weighted by Gasteiger charge is 2.24. The highest BCUT2D eigenvalue weighted by molar-refractivity contribution is 5.81. The molecule has 1 amide bonds. The average molecular weight is 765 g/mol. The number of esters is 2. The molecule has 1 unspecified atom stereocenters. The van der Waals surface area contributed by atoms with E-state index in [1.54, 1.807) is 11.8 Å². The van der Waals surface area contributed by atoms with E-state index in [-0.39, 0.29) is 56.0 Å². The third-order valence-electron chi connectivity index (χ3n) is 11.2. The van der Waals surface area contributed by atoms with Crippen LogP contribution < -0.4 is 5.73 Å². The van der Waals surface area contributed by atoms with Gasteiger partial charge in [0.25, 0.3) is 0 Å². The second kappa shape index (κ2) is 39.6. The molecular formula is C47H92N2O5. The number of rotatable bonds is 41. The van der Waals surface area contributed by atoms with Crippen LogP contribution in [0.15, 0.2) is 0 Å². The molecule has 0 radical (unpaired) electrons. The maximum Gasteiger partial charge on any atom is 0.308 e. The van der Waals surface area contributed by atoms with Crippen LogP contribution in [0.5, 0.6) is 0 Å². The Morgan fingerprint density at radius 1 is 0.426 bits per heavy atom. The fourth-order valence-electron chi connectivity index (χ4n) is 7.52. The molecule has 0 aliphatic heterocycles. The lowest BCUT2D eigenvalue weighted by Gasteiger charge is -2.25. The lowest BCUT2D eigenvalue weighted by Crippen LogP contribution is -2.45. The van der Waals surface area contributed by atoms with E-state index in [0.717, 1.165) is 51.4 Å². The fraction of sp³-hybridized carbons (Fsp3) is 0.936. The van der Waals surface area contributed by atoms with Gasteiger partial charge < -0.3 is 20.1 Å². The van der Waals surface area contributed by atoms with E-state index < -0.39 is 6.04 Å². The minimum Gasteiger partial charge on any atom is -0.464 e. The summed E-state index contributed by atoms with van der Waals surface area (Å²) < 4.78 is 11.7. The first kappa shape index (κ1) is 52.4. The van der Waals surface area contributed by atoms with E-state index in [1.807, 2.05) is 0 Å². The summed E-state index contributed by atoms with van der Waals surface area (Å²) in [5.41, 5.74) is 6.01. The van der Waals surface area contributed by atoms with Gasteiger partial charge in [-0.25, -0.2) is 0 Å². The number of carbonyl (C=O) groups excluding carboxylic acids is 3. The molecule has 0 saturated carbocycles. The van der Waals surface area contributed by atoms with Crippen molar-refractivity contribution in [3.05, 3.63) is 0 Å². The van der Waals surface area contributed by atoms with Crippen molar-refractivity contribution >= 4 is 17.8 Å². The van der Waals surface area contributed by atoms with Gasteiger partial charge in [0.15, 0.2) is 0 Å². The molecular weight excluding hydrogens is 673 g/mol. The van der Waals surface area contributed by atoms with Gasteiger partial charge in [0.1, 0.15) is 13.2 Å². The predicted molar refractivity (Wildman–Crippen MR) is 230 cm³/mol. The predicted octanol–water partition coefficient (Wildman–Crippen LogP) is 13.0. The lowest BCUT2D eigenvalue weighted by atomic mass is 9.94. The average Bonchev–Trinajstić information content (AvgIpc) is 3.16. The second-order valence-electron chi connectivity index (χ2n) is 16.5. The molecule has 0 aliphatic rings. The largest absolute Gasteiger partial charge is 0.464 e. The van der Waals surface area contributed by atoms with Crippen molar-refractivity contribution in [1.82, 2.24) is 4.90 Å². The lowest BCUT2D eigenvalue weighted by molar-refractivity contribution is -0.152. The first-order valence-corrected chi connectivity index (χ1v) is 23.7. The number of nitrogens with zero attached hydrogens (tertiary/aromatic N) is 1. The molecule has 0 saturated heterocycles. The summed E-state index contributed by atoms with van der Waals surface area (Å²) in [4.78, 5) is 41.4. The molecule has 0 aromatic heterocycles. The van der Waals surface area contributed by atoms with Crippen LogP contribution in [0.2, 0.25) is 0 Å². The molecule has 0 aliphatic carbocycles. The zero-order valence-corrected chi connectivity index (χ0v) is 36.8. The van der Waals surface area contributed by atoms with Gasteiger partial charge in [0.2, 0.25) is 5.91 Å². The van der Waals surface area contributed by atoms with E-state index in [9.17, 15) is 14.4 Å². The van der Waals surface area contributed by atoms with Crippen molar-refractivity contribution in [3.8, 4) is 0 Å². The maximum atomic E-state index is 13.3. The number of amides is 1. The summed E-state index contributed by atoms with van der Waals surface area (Å²) in [6, 6.07) is -0.679. The zero-order valence-electron chi connectivity index (χ0n) is 36.8. The molecule has 0 spiro atoms. The van der Waals surface area contributed by atoms with E-state index in [2.05, 4.69) is 27.7 Å². The number of nitrogens with two attached hydrogens (primary N) is 1. The Morgan fingerprint density at radius 3 is 0.907 bits per heavy atom. The Morgan fingerprint density at radius 2 is 0.667 bits per heavy atom. The van der Waals surface area contributed by atoms with Gasteiger partial charge in [-0.3, -0.25) is 14.4 Å². The smallest absolute Gasteiger partial charge is 0.308 e. The quantitative estimate of drug-likeness (QED) is 0.0491. The maximum absolute atomic E-state index is 13.3. The first-order chi connectivity index (χ1) is 26.3. The number of hydrogen-bond donors (Lipinski definition) is 1. The Labute approximate surface area is 335 Å². The summed E-state index contributed by atoms with van der Waals surface area (Å²) in [5.74, 6) is -0.651. The summed E-state index contributed by atoms with van der Waals surface area (Å²) in [5, 5.41) is 0. The minimum absolute atomic E-state index is 0.0839. The third kappa shape index (κ3) is 31.6. The van der Waals surface area contributed by atoms with Crippen LogP contribution in [0.25, 0.3) is 0 Å². The van der Waals surface area contributed by atoms with Crippen LogP contribution in [0.1, 0.15) is 240 Å². The van der Waals surface area contributed by atoms with Crippen LogP contribution in [0.3, 0.4) is 0 Å². The molecule has 320 valence electrons. The Kier molecular flexibility index (Phi) is 38.4. The van der Waals surface area contributed by atoms with Crippen LogP contribution in [0, 0.1) is 11.8 Å². The number of ether oxygens (including phenoxy) is 2. The van der Waals surface area contributed by atoms with Crippen LogP contribution in [-0.4, -0.2) is 55.1 Å². The standard InChI is InChI=1S/C47H92N2O5/c1-6-10-14-18-22-26-30-34-43(35-31-27-23-19-15-11-7-2)46(51)53-40-38-49(45(50)42(5)48)39-41-54-47(52)44(36-32-28-24-20-16-12-8-3)37-33-29-25-21-17-13-9-4/h42-44H,6-41,48H2,1-5H3. The van der Waals surface area contributed by atoms with Crippen molar-refractivity contribution in [1.29, 1.82) is 0 Å². The van der Waals surface area contributed by atoms with Crippen molar-refractivity contribution < 1.29 is 23.9 Å². The van der Waals surface area contributed by atoms with E-state index in [1.165, 1.54) is 154 Å². The number of hydrogen-bond acceptors (Lipinski definition) is 6. The molecule has 0 fully saturated rings. The molecule has 7 nitrogen and oxygen atoms in total. The molecule has 1 atom stereocenters. The van der Waals surface area contributed by atoms with Gasteiger partial charge in [0.05, 0.1) is 31.0 Å². The van der Waals surface area contributed by atoms with Gasteiger partial charge in [-0.05, 0) is 32.6 Å². The van der Waals surface area contributed by atoms with Crippen LogP contribution >= 0.6 is 0 Å². The SMILES string of the molecule is CCCCCCCCCC(CCCCCCCCC)C(=O)OCCN(CCOC(=O)C(CCCCCCCCC)CCCCCCCCC)C(=O)C(C)N. The monoisotopic (exact) mass is 765 g/mol. The minimum atomic E-state index is -0.679. The molecule has 2 N–H and O–H groups in total. The van der Waals surface area contributed by atoms with Gasteiger partial charge >= 0.3 is 11.9 Å². The van der Waals surface area contributed by atoms with Crippen molar-refractivity contribution in [3.63, 3.8) is 0 Å². The molecule has 0 rings (SSSR count). The summed E-state index contributed by atoms with van der Waals surface area (Å²) in [6.45, 7) is 11.4. The molecule has 7 heteroatoms. The topological polar surface area (TPSA) is 98.9 Å². The fourth-order valence-corrected chi connectivity index (χ4v) is 7.52. The van der Waals surface area contributed by atoms with Gasteiger partial charge in [0, 0.05) is 0 Å². The molecule has 54 heavy (non-hydrogen) atoms. The first-order valence-electron chi connectivity index (χ1n) is 23.7. The summed E-state index contributed by atoms with van der Waals surface area (Å²) in [7, 11) is 0. The van der Waals surface area contributed by atoms with Gasteiger partial charge in [-0.2, -0.15) is 0 Å². The summed E-state index contributed by atoms with van der Waals surface area (Å²) >= 11 is 0. The van der Waals surface area contributed by atoms with Gasteiger partial charge in [-0.15, -0.1) is 0 Å². The van der Waals surface area contributed by atoms with Crippen molar-refractivity contribution in [2.24, 2.45) is 17.6 Å². The summed E-state index contributed by atoms with van der Waals surface area (Å²) in [6.07, 6.45) is 37.9. The van der Waals surface area contributed by atoms with Gasteiger partial charge in [-0.1, -0.05) is 207 Å². The van der Waals surface area contributed by atoms with Crippen LogP contribution in [0.4, 0.5) is 0 Å². The highest BCUT2D eigenvalue weighted by Crippen LogP contribution is 2.23. The highest BCUT2D eigenvalue weighted by atomic mass is 16.5. The third-order valence-corrected chi connectivity index (χ3v) is 11.2. The van der Waals surface area contributed by atoms with E-state index in [4.69, 9.17) is 15.2 Å². The normalized spacial score (nSPS) is 12.1. The van der Waals surface area contributed by atoms with E-state index in [0.29, 0.717) is 0 Å². The Hall–Kier alpha value is -1.63. The molecule has 0 heterocycles. The Bertz CT molecular complexity index is 756. The second-order valence-corrected chi connectivity index (χ2v) is 16.5. The van der Waals surface area contributed by atoms with E-state index >= 15 is 0 Å². The Balaban J connectivity index is 5.06.